The first-order valence-corrected chi connectivity index (χ1v) is 8.10. The lowest BCUT2D eigenvalue weighted by Crippen LogP contribution is -2.41. The summed E-state index contributed by atoms with van der Waals surface area (Å²) in [5, 5.41) is 19.7. The van der Waals surface area contributed by atoms with Crippen LogP contribution in [-0.4, -0.2) is 43.6 Å². The molecule has 2 aromatic rings. The molecule has 0 aromatic carbocycles. The van der Waals surface area contributed by atoms with E-state index in [2.05, 4.69) is 20.5 Å². The number of amides is 1. The average molecular weight is 379 g/mol. The predicted octanol–water partition coefficient (Wildman–Crippen LogP) is 1.63. The Morgan fingerprint density at radius 3 is 2.74 bits per heavy atom. The first-order chi connectivity index (χ1) is 12.7. The summed E-state index contributed by atoms with van der Waals surface area (Å²) in [5.41, 5.74) is -1.61. The summed E-state index contributed by atoms with van der Waals surface area (Å²) in [6.45, 7) is 4.18. The minimum Gasteiger partial charge on any atom is -0.360 e. The van der Waals surface area contributed by atoms with E-state index < -0.39 is 17.3 Å². The number of aromatic nitrogens is 4. The van der Waals surface area contributed by atoms with Gasteiger partial charge in [-0.15, -0.1) is 10.2 Å². The van der Waals surface area contributed by atoms with Crippen LogP contribution < -0.4 is 5.32 Å². The Hall–Kier alpha value is -3.16. The summed E-state index contributed by atoms with van der Waals surface area (Å²) in [5.74, 6) is 0.826. The number of nitrogens with zero attached hydrogens (tertiary/aromatic N) is 6. The van der Waals surface area contributed by atoms with Crippen molar-refractivity contribution in [2.45, 2.75) is 33.1 Å². The number of hydrogen-bond acceptors (Lipinski definition) is 6. The molecule has 1 N–H and O–H groups in total. The minimum absolute atomic E-state index is 0.0952. The lowest BCUT2D eigenvalue weighted by atomic mass is 10.1. The highest BCUT2D eigenvalue weighted by Gasteiger charge is 2.35. The number of pyridine rings is 1. The van der Waals surface area contributed by atoms with Crippen molar-refractivity contribution in [1.29, 1.82) is 5.26 Å². The van der Waals surface area contributed by atoms with Gasteiger partial charge < -0.3 is 14.8 Å². The van der Waals surface area contributed by atoms with E-state index in [0.717, 1.165) is 11.9 Å². The van der Waals surface area contributed by atoms with E-state index in [4.69, 9.17) is 5.26 Å². The second kappa shape index (κ2) is 6.86. The minimum atomic E-state index is -4.69. The van der Waals surface area contributed by atoms with Crippen molar-refractivity contribution in [3.63, 3.8) is 0 Å². The van der Waals surface area contributed by atoms with E-state index in [-0.39, 0.29) is 30.5 Å². The van der Waals surface area contributed by atoms with Crippen molar-refractivity contribution in [1.82, 2.24) is 24.6 Å². The Morgan fingerprint density at radius 1 is 1.33 bits per heavy atom. The smallest absolute Gasteiger partial charge is 0.360 e. The first kappa shape index (κ1) is 18.6. The lowest BCUT2D eigenvalue weighted by molar-refractivity contribution is -0.137. The van der Waals surface area contributed by atoms with Gasteiger partial charge in [-0.3, -0.25) is 4.79 Å². The predicted molar refractivity (Wildman–Crippen MR) is 87.4 cm³/mol. The zero-order valence-corrected chi connectivity index (χ0v) is 14.6. The van der Waals surface area contributed by atoms with Crippen molar-refractivity contribution in [3.05, 3.63) is 34.5 Å². The second-order valence-corrected chi connectivity index (χ2v) is 6.13. The Morgan fingerprint density at radius 2 is 2.07 bits per heavy atom. The van der Waals surface area contributed by atoms with E-state index in [1.54, 1.807) is 0 Å². The molecule has 0 aliphatic carbocycles. The van der Waals surface area contributed by atoms with Crippen molar-refractivity contribution in [2.24, 2.45) is 0 Å². The summed E-state index contributed by atoms with van der Waals surface area (Å²) in [6.07, 6.45) is -4.69. The summed E-state index contributed by atoms with van der Waals surface area (Å²) in [7, 11) is 0. The van der Waals surface area contributed by atoms with Gasteiger partial charge in [0.15, 0.2) is 5.82 Å². The van der Waals surface area contributed by atoms with Crippen LogP contribution in [0, 0.1) is 25.2 Å². The van der Waals surface area contributed by atoms with Crippen LogP contribution in [0.3, 0.4) is 0 Å². The third kappa shape index (κ3) is 3.69. The molecule has 0 unspecified atom stereocenters. The van der Waals surface area contributed by atoms with Crippen LogP contribution >= 0.6 is 0 Å². The number of nitriles is 1. The highest BCUT2D eigenvalue weighted by atomic mass is 19.4. The molecule has 1 aliphatic rings. The Balaban J connectivity index is 1.75. The molecule has 8 nitrogen and oxygen atoms in total. The van der Waals surface area contributed by atoms with Crippen molar-refractivity contribution in [3.8, 4) is 6.07 Å². The van der Waals surface area contributed by atoms with Crippen molar-refractivity contribution >= 4 is 11.7 Å². The molecule has 1 aliphatic heterocycles. The maximum absolute atomic E-state index is 13.1. The fraction of sp³-hybridized carbons (Fsp3) is 0.438. The zero-order chi connectivity index (χ0) is 19.8. The number of rotatable bonds is 3. The van der Waals surface area contributed by atoms with Gasteiger partial charge in [0.05, 0.1) is 18.7 Å². The third-order valence-electron chi connectivity index (χ3n) is 4.26. The summed E-state index contributed by atoms with van der Waals surface area (Å²) in [4.78, 5) is 17.9. The molecule has 0 bridgehead atoms. The fourth-order valence-corrected chi connectivity index (χ4v) is 2.92. The topological polar surface area (TPSA) is 99.7 Å². The standard InChI is InChI=1S/C16H16F3N7O/c1-9-5-12(16(17,18)19)11(6-20)15(22-9)21-7-14(27)25-3-4-26-10(2)23-24-13(26)8-25/h5H,3-4,7-8H2,1-2H3,(H,21,22). The number of hydrogen-bond donors (Lipinski definition) is 1. The third-order valence-corrected chi connectivity index (χ3v) is 4.26. The van der Waals surface area contributed by atoms with E-state index >= 15 is 0 Å². The van der Waals surface area contributed by atoms with Crippen LogP contribution in [0.5, 0.6) is 0 Å². The Labute approximate surface area is 152 Å². The normalized spacial score (nSPS) is 13.9. The molecule has 0 saturated heterocycles. The summed E-state index contributed by atoms with van der Waals surface area (Å²) < 4.78 is 41.3. The van der Waals surface area contributed by atoms with Crippen LogP contribution in [0.1, 0.15) is 28.5 Å². The quantitative estimate of drug-likeness (QED) is 0.870. The molecule has 0 saturated carbocycles. The molecule has 0 spiro atoms. The number of anilines is 1. The second-order valence-electron chi connectivity index (χ2n) is 6.13. The molecule has 0 fully saturated rings. The van der Waals surface area contributed by atoms with Crippen LogP contribution in [0.4, 0.5) is 19.0 Å². The number of nitrogens with one attached hydrogen (secondary N) is 1. The maximum atomic E-state index is 13.1. The number of aryl methyl sites for hydroxylation is 2. The number of fused-ring (bicyclic) bond motifs is 1. The molecule has 0 atom stereocenters. The highest BCUT2D eigenvalue weighted by Crippen LogP contribution is 2.34. The average Bonchev–Trinajstić information content (AvgIpc) is 2.98. The van der Waals surface area contributed by atoms with Crippen LogP contribution in [0.2, 0.25) is 0 Å². The molecule has 3 heterocycles. The number of carbonyl (C=O) groups excluding carboxylic acids is 1. The van der Waals surface area contributed by atoms with Crippen molar-refractivity contribution in [2.75, 3.05) is 18.4 Å². The van der Waals surface area contributed by atoms with Gasteiger partial charge in [-0.2, -0.15) is 18.4 Å². The molecule has 11 heteroatoms. The molecular weight excluding hydrogens is 363 g/mol. The van der Waals surface area contributed by atoms with E-state index in [9.17, 15) is 18.0 Å². The number of halogens is 3. The van der Waals surface area contributed by atoms with Gasteiger partial charge >= 0.3 is 6.18 Å². The van der Waals surface area contributed by atoms with E-state index in [0.29, 0.717) is 18.9 Å². The van der Waals surface area contributed by atoms with Crippen LogP contribution in [-0.2, 0) is 24.1 Å². The molecule has 27 heavy (non-hydrogen) atoms. The Kier molecular flexibility index (Phi) is 4.73. The number of alkyl halides is 3. The largest absolute Gasteiger partial charge is 0.417 e. The molecular formula is C16H16F3N7O. The zero-order valence-electron chi connectivity index (χ0n) is 14.6. The van der Waals surface area contributed by atoms with Crippen LogP contribution in [0.15, 0.2) is 6.07 Å². The molecule has 0 radical (unpaired) electrons. The monoisotopic (exact) mass is 379 g/mol. The van der Waals surface area contributed by atoms with E-state index in [1.807, 2.05) is 11.5 Å². The first-order valence-electron chi connectivity index (χ1n) is 8.10. The lowest BCUT2D eigenvalue weighted by Gasteiger charge is -2.28. The van der Waals surface area contributed by atoms with Gasteiger partial charge in [0, 0.05) is 18.8 Å². The Bertz CT molecular complexity index is 929. The molecule has 2 aromatic heterocycles. The van der Waals surface area contributed by atoms with Gasteiger partial charge in [0.25, 0.3) is 0 Å². The van der Waals surface area contributed by atoms with Gasteiger partial charge in [-0.1, -0.05) is 0 Å². The van der Waals surface area contributed by atoms with Gasteiger partial charge in [-0.05, 0) is 19.9 Å². The van der Waals surface area contributed by atoms with Crippen LogP contribution in [0.25, 0.3) is 0 Å². The highest BCUT2D eigenvalue weighted by molar-refractivity contribution is 5.81. The molecule has 3 rings (SSSR count). The summed E-state index contributed by atoms with van der Waals surface area (Å²) in [6, 6.07) is 2.34. The fourth-order valence-electron chi connectivity index (χ4n) is 2.92. The SMILES string of the molecule is Cc1cc(C(F)(F)F)c(C#N)c(NCC(=O)N2CCn3c(C)nnc3C2)n1. The van der Waals surface area contributed by atoms with Gasteiger partial charge in [-0.25, -0.2) is 4.98 Å². The van der Waals surface area contributed by atoms with E-state index in [1.165, 1.54) is 17.9 Å². The van der Waals surface area contributed by atoms with Crippen molar-refractivity contribution < 1.29 is 18.0 Å². The molecule has 142 valence electrons. The van der Waals surface area contributed by atoms with Gasteiger partial charge in [0.1, 0.15) is 23.3 Å². The maximum Gasteiger partial charge on any atom is 0.417 e. The molecule has 1 amide bonds. The van der Waals surface area contributed by atoms with Gasteiger partial charge in [0.2, 0.25) is 5.91 Å². The number of carbonyl (C=O) groups is 1. The summed E-state index contributed by atoms with van der Waals surface area (Å²) >= 11 is 0.